The maximum absolute atomic E-state index is 13.1. The smallest absolute Gasteiger partial charge is 0.262 e. The van der Waals surface area contributed by atoms with Crippen molar-refractivity contribution in [2.75, 3.05) is 11.4 Å². The van der Waals surface area contributed by atoms with E-state index in [0.717, 1.165) is 29.1 Å². The molecule has 26 heavy (non-hydrogen) atoms. The van der Waals surface area contributed by atoms with Crippen LogP contribution in [0.2, 0.25) is 0 Å². The van der Waals surface area contributed by atoms with Crippen molar-refractivity contribution >= 4 is 11.6 Å². The number of benzene rings is 2. The molecule has 1 aliphatic heterocycles. The molecular formula is C21H20N2O3. The second-order valence-electron chi connectivity index (χ2n) is 6.42. The fourth-order valence-electron chi connectivity index (χ4n) is 3.32. The molecule has 0 bridgehead atoms. The summed E-state index contributed by atoms with van der Waals surface area (Å²) in [5.41, 5.74) is 4.47. The highest BCUT2D eigenvalue weighted by molar-refractivity contribution is 6.09. The molecule has 0 atom stereocenters. The van der Waals surface area contributed by atoms with E-state index in [-0.39, 0.29) is 5.91 Å². The number of carbonyl (C=O) groups is 1. The van der Waals surface area contributed by atoms with Gasteiger partial charge < -0.3 is 14.2 Å². The number of fused-ring (bicyclic) bond motifs is 1. The molecule has 2 aromatic carbocycles. The van der Waals surface area contributed by atoms with Gasteiger partial charge >= 0.3 is 0 Å². The Kier molecular flexibility index (Phi) is 4.21. The van der Waals surface area contributed by atoms with Gasteiger partial charge in [-0.05, 0) is 44.0 Å². The molecule has 0 aliphatic carbocycles. The quantitative estimate of drug-likeness (QED) is 0.713. The average molecular weight is 348 g/mol. The van der Waals surface area contributed by atoms with Crippen LogP contribution in [0.25, 0.3) is 0 Å². The van der Waals surface area contributed by atoms with E-state index in [1.165, 1.54) is 5.56 Å². The Morgan fingerprint density at radius 3 is 2.73 bits per heavy atom. The highest BCUT2D eigenvalue weighted by Crippen LogP contribution is 2.31. The minimum absolute atomic E-state index is 0.0377. The van der Waals surface area contributed by atoms with Gasteiger partial charge in [0.1, 0.15) is 18.1 Å². The van der Waals surface area contributed by atoms with E-state index < -0.39 is 0 Å². The molecule has 1 aromatic heterocycles. The molecule has 0 fully saturated rings. The highest BCUT2D eigenvalue weighted by Gasteiger charge is 2.27. The molecule has 1 amide bonds. The molecule has 0 N–H and O–H groups in total. The number of ether oxygens (including phenoxy) is 1. The normalized spacial score (nSPS) is 12.9. The molecule has 0 saturated carbocycles. The summed E-state index contributed by atoms with van der Waals surface area (Å²) < 4.78 is 11.1. The summed E-state index contributed by atoms with van der Waals surface area (Å²) in [6.45, 7) is 4.75. The summed E-state index contributed by atoms with van der Waals surface area (Å²) in [7, 11) is 0. The van der Waals surface area contributed by atoms with Gasteiger partial charge in [-0.1, -0.05) is 35.5 Å². The molecule has 0 saturated heterocycles. The molecule has 5 heteroatoms. The van der Waals surface area contributed by atoms with Crippen LogP contribution in [-0.4, -0.2) is 17.6 Å². The lowest BCUT2D eigenvalue weighted by atomic mass is 10.1. The first-order valence-electron chi connectivity index (χ1n) is 8.68. The molecule has 3 aromatic rings. The monoisotopic (exact) mass is 348 g/mol. The summed E-state index contributed by atoms with van der Waals surface area (Å²) in [5.74, 6) is 1.27. The molecule has 0 radical (unpaired) electrons. The highest BCUT2D eigenvalue weighted by atomic mass is 16.5. The van der Waals surface area contributed by atoms with Crippen molar-refractivity contribution in [1.82, 2.24) is 5.16 Å². The first kappa shape index (κ1) is 16.4. The third kappa shape index (κ3) is 2.86. The van der Waals surface area contributed by atoms with Crippen LogP contribution in [0.3, 0.4) is 0 Å². The van der Waals surface area contributed by atoms with Crippen LogP contribution in [0.4, 0.5) is 5.69 Å². The van der Waals surface area contributed by atoms with Gasteiger partial charge in [0.2, 0.25) is 0 Å². The zero-order valence-electron chi connectivity index (χ0n) is 14.9. The molecule has 1 aliphatic rings. The first-order chi connectivity index (χ1) is 12.6. The van der Waals surface area contributed by atoms with E-state index >= 15 is 0 Å². The first-order valence-corrected chi connectivity index (χ1v) is 8.68. The molecule has 0 unspecified atom stereocenters. The lowest BCUT2D eigenvalue weighted by Gasteiger charge is -2.19. The number of hydrogen-bond acceptors (Lipinski definition) is 4. The van der Waals surface area contributed by atoms with Gasteiger partial charge in [-0.15, -0.1) is 0 Å². The molecular weight excluding hydrogens is 328 g/mol. The Bertz CT molecular complexity index is 942. The maximum atomic E-state index is 13.1. The van der Waals surface area contributed by atoms with E-state index in [2.05, 4.69) is 11.2 Å². The van der Waals surface area contributed by atoms with E-state index in [1.54, 1.807) is 0 Å². The maximum Gasteiger partial charge on any atom is 0.262 e. The molecule has 0 spiro atoms. The molecule has 132 valence electrons. The number of rotatable bonds is 4. The summed E-state index contributed by atoms with van der Waals surface area (Å²) >= 11 is 0. The number of aromatic nitrogens is 1. The van der Waals surface area contributed by atoms with E-state index in [4.69, 9.17) is 9.26 Å². The van der Waals surface area contributed by atoms with Crippen molar-refractivity contribution in [2.45, 2.75) is 26.9 Å². The summed E-state index contributed by atoms with van der Waals surface area (Å²) in [4.78, 5) is 15.0. The van der Waals surface area contributed by atoms with Crippen molar-refractivity contribution in [3.05, 3.63) is 76.7 Å². The summed E-state index contributed by atoms with van der Waals surface area (Å²) in [6, 6.07) is 15.4. The van der Waals surface area contributed by atoms with Gasteiger partial charge in [-0.3, -0.25) is 4.79 Å². The van der Waals surface area contributed by atoms with E-state index in [9.17, 15) is 4.79 Å². The Morgan fingerprint density at radius 1 is 1.15 bits per heavy atom. The van der Waals surface area contributed by atoms with Crippen LogP contribution >= 0.6 is 0 Å². The van der Waals surface area contributed by atoms with Gasteiger partial charge in [0.25, 0.3) is 5.91 Å². The topological polar surface area (TPSA) is 55.6 Å². The molecule has 2 heterocycles. The van der Waals surface area contributed by atoms with Gasteiger partial charge in [-0.2, -0.15) is 0 Å². The lowest BCUT2D eigenvalue weighted by molar-refractivity contribution is 0.0985. The average Bonchev–Trinajstić information content (AvgIpc) is 3.23. The van der Waals surface area contributed by atoms with Crippen LogP contribution in [0.5, 0.6) is 5.75 Å². The number of para-hydroxylation sites is 2. The van der Waals surface area contributed by atoms with Gasteiger partial charge in [0.05, 0.1) is 16.8 Å². The lowest BCUT2D eigenvalue weighted by Crippen LogP contribution is -2.29. The Morgan fingerprint density at radius 2 is 1.92 bits per heavy atom. The van der Waals surface area contributed by atoms with Gasteiger partial charge in [0.15, 0.2) is 0 Å². The second kappa shape index (κ2) is 6.67. The number of amides is 1. The number of aryl methyl sites for hydroxylation is 2. The van der Waals surface area contributed by atoms with Crippen LogP contribution in [-0.2, 0) is 13.0 Å². The summed E-state index contributed by atoms with van der Waals surface area (Å²) in [5, 5.41) is 3.94. The second-order valence-corrected chi connectivity index (χ2v) is 6.42. The fraction of sp³-hybridized carbons (Fsp3) is 0.238. The standard InChI is InChI=1S/C21H20N2O3/c1-14-18(15(2)26-22-14)13-25-20-10-6-4-8-17(20)21(24)23-12-11-16-7-3-5-9-19(16)23/h3-10H,11-13H2,1-2H3. The van der Waals surface area contributed by atoms with Crippen LogP contribution in [0, 0.1) is 13.8 Å². The van der Waals surface area contributed by atoms with Crippen molar-refractivity contribution in [3.8, 4) is 5.75 Å². The van der Waals surface area contributed by atoms with Crippen molar-refractivity contribution in [2.24, 2.45) is 0 Å². The molecule has 5 nitrogen and oxygen atoms in total. The predicted molar refractivity (Wildman–Crippen MR) is 98.6 cm³/mol. The zero-order chi connectivity index (χ0) is 18.1. The van der Waals surface area contributed by atoms with Crippen molar-refractivity contribution in [1.29, 1.82) is 0 Å². The molecule has 4 rings (SSSR count). The SMILES string of the molecule is Cc1noc(C)c1COc1ccccc1C(=O)N1CCc2ccccc21. The largest absolute Gasteiger partial charge is 0.488 e. The van der Waals surface area contributed by atoms with E-state index in [0.29, 0.717) is 24.5 Å². The Balaban J connectivity index is 1.59. The predicted octanol–water partition coefficient (Wildman–Crippen LogP) is 4.07. The van der Waals surface area contributed by atoms with Crippen LogP contribution in [0.15, 0.2) is 53.1 Å². The van der Waals surface area contributed by atoms with Crippen molar-refractivity contribution in [3.63, 3.8) is 0 Å². The van der Waals surface area contributed by atoms with Crippen molar-refractivity contribution < 1.29 is 14.1 Å². The fourth-order valence-corrected chi connectivity index (χ4v) is 3.32. The zero-order valence-corrected chi connectivity index (χ0v) is 14.9. The van der Waals surface area contributed by atoms with Gasteiger partial charge in [-0.25, -0.2) is 0 Å². The van der Waals surface area contributed by atoms with Gasteiger partial charge in [0, 0.05) is 12.2 Å². The number of carbonyl (C=O) groups excluding carboxylic acids is 1. The Hall–Kier alpha value is -3.08. The minimum atomic E-state index is -0.0377. The third-order valence-electron chi connectivity index (χ3n) is 4.80. The third-order valence-corrected chi connectivity index (χ3v) is 4.80. The number of anilines is 1. The van der Waals surface area contributed by atoms with E-state index in [1.807, 2.05) is 61.2 Å². The minimum Gasteiger partial charge on any atom is -0.488 e. The summed E-state index contributed by atoms with van der Waals surface area (Å²) in [6.07, 6.45) is 0.879. The number of hydrogen-bond donors (Lipinski definition) is 0. The van der Waals surface area contributed by atoms with Crippen LogP contribution < -0.4 is 9.64 Å². The Labute approximate surface area is 152 Å². The van der Waals surface area contributed by atoms with Crippen LogP contribution in [0.1, 0.15) is 32.9 Å². The number of nitrogens with zero attached hydrogens (tertiary/aromatic N) is 2.